The number of amides is 1. The first-order chi connectivity index (χ1) is 21.6. The van der Waals surface area contributed by atoms with Crippen LogP contribution < -0.4 is 5.73 Å². The lowest BCUT2D eigenvalue weighted by molar-refractivity contribution is 0.0728. The number of benzene rings is 2. The smallest absolute Gasteiger partial charge is 0.254 e. The summed E-state index contributed by atoms with van der Waals surface area (Å²) in [5.41, 5.74) is 14.7. The van der Waals surface area contributed by atoms with Gasteiger partial charge in [-0.15, -0.1) is 0 Å². The highest BCUT2D eigenvalue weighted by molar-refractivity contribution is 5.95. The van der Waals surface area contributed by atoms with Crippen molar-refractivity contribution in [3.05, 3.63) is 144 Å². The summed E-state index contributed by atoms with van der Waals surface area (Å²) < 4.78 is 0. The molecule has 1 aliphatic rings. The number of carbonyl (C=O) groups is 1. The van der Waals surface area contributed by atoms with Gasteiger partial charge in [0.25, 0.3) is 5.91 Å². The summed E-state index contributed by atoms with van der Waals surface area (Å²) in [7, 11) is 0. The Morgan fingerprint density at radius 1 is 0.773 bits per heavy atom. The Labute approximate surface area is 256 Å². The van der Waals surface area contributed by atoms with Gasteiger partial charge in [0.15, 0.2) is 0 Å². The fourth-order valence-corrected chi connectivity index (χ4v) is 5.91. The molecule has 0 bridgehead atoms. The Kier molecular flexibility index (Phi) is 7.38. The second-order valence-electron chi connectivity index (χ2n) is 11.4. The van der Waals surface area contributed by atoms with Crippen LogP contribution in [0.3, 0.4) is 0 Å². The molecule has 1 aliphatic carbocycles. The van der Waals surface area contributed by atoms with E-state index in [1.807, 2.05) is 41.3 Å². The van der Waals surface area contributed by atoms with Gasteiger partial charge < -0.3 is 10.6 Å². The first kappa shape index (κ1) is 27.6. The molecular formula is C37H32N6O. The molecule has 1 saturated carbocycles. The molecule has 6 aromatic rings. The van der Waals surface area contributed by atoms with E-state index in [0.717, 1.165) is 57.4 Å². The van der Waals surface area contributed by atoms with Gasteiger partial charge in [0.1, 0.15) is 0 Å². The fourth-order valence-electron chi connectivity index (χ4n) is 5.91. The molecule has 0 unspecified atom stereocenters. The van der Waals surface area contributed by atoms with E-state index in [-0.39, 0.29) is 11.4 Å². The summed E-state index contributed by atoms with van der Waals surface area (Å²) >= 11 is 0. The largest absolute Gasteiger partial charge is 0.328 e. The molecular weight excluding hydrogens is 544 g/mol. The second-order valence-corrected chi connectivity index (χ2v) is 11.4. The molecule has 7 rings (SSSR count). The van der Waals surface area contributed by atoms with Crippen LogP contribution >= 0.6 is 0 Å². The van der Waals surface area contributed by atoms with Crippen molar-refractivity contribution in [2.75, 3.05) is 0 Å². The third-order valence-electron chi connectivity index (χ3n) is 8.57. The van der Waals surface area contributed by atoms with Crippen molar-refractivity contribution < 1.29 is 4.79 Å². The van der Waals surface area contributed by atoms with Crippen LogP contribution in [0.2, 0.25) is 0 Å². The number of carbonyl (C=O) groups excluding carboxylic acids is 1. The van der Waals surface area contributed by atoms with Gasteiger partial charge in [-0.25, -0.2) is 4.98 Å². The molecule has 0 radical (unpaired) electrons. The highest BCUT2D eigenvalue weighted by atomic mass is 16.2. The molecule has 44 heavy (non-hydrogen) atoms. The summed E-state index contributed by atoms with van der Waals surface area (Å²) in [6.07, 6.45) is 11.7. The molecule has 7 heteroatoms. The van der Waals surface area contributed by atoms with Crippen molar-refractivity contribution in [2.45, 2.75) is 37.9 Å². The van der Waals surface area contributed by atoms with Crippen molar-refractivity contribution >= 4 is 16.8 Å². The summed E-state index contributed by atoms with van der Waals surface area (Å²) in [4.78, 5) is 33.8. The molecule has 2 N–H and O–H groups in total. The average Bonchev–Trinajstić information content (AvgIpc) is 3.07. The number of hydrogen-bond acceptors (Lipinski definition) is 6. The van der Waals surface area contributed by atoms with Crippen LogP contribution in [-0.4, -0.2) is 30.7 Å². The van der Waals surface area contributed by atoms with Gasteiger partial charge >= 0.3 is 0 Å². The van der Waals surface area contributed by atoms with Crippen molar-refractivity contribution in [3.8, 4) is 22.4 Å². The topological polar surface area (TPSA) is 97.9 Å². The minimum Gasteiger partial charge on any atom is -0.328 e. The zero-order chi connectivity index (χ0) is 29.9. The number of nitrogens with two attached hydrogens (primary N) is 1. The predicted octanol–water partition coefficient (Wildman–Crippen LogP) is 6.93. The number of aromatic nitrogens is 4. The molecule has 0 spiro atoms. The van der Waals surface area contributed by atoms with Crippen LogP contribution in [0, 0.1) is 0 Å². The zero-order valence-electron chi connectivity index (χ0n) is 24.3. The predicted molar refractivity (Wildman–Crippen MR) is 172 cm³/mol. The molecule has 216 valence electrons. The minimum atomic E-state index is -0.214. The molecule has 1 fully saturated rings. The lowest BCUT2D eigenvalue weighted by atomic mass is 9.72. The van der Waals surface area contributed by atoms with Crippen LogP contribution in [0.15, 0.2) is 122 Å². The van der Waals surface area contributed by atoms with E-state index < -0.39 is 0 Å². The second kappa shape index (κ2) is 11.8. The van der Waals surface area contributed by atoms with Crippen LogP contribution in [0.5, 0.6) is 0 Å². The maximum absolute atomic E-state index is 13.8. The maximum Gasteiger partial charge on any atom is 0.254 e. The van der Waals surface area contributed by atoms with Crippen molar-refractivity contribution in [1.82, 2.24) is 24.8 Å². The van der Waals surface area contributed by atoms with E-state index >= 15 is 0 Å². The number of fused-ring (bicyclic) bond motifs is 1. The molecule has 0 atom stereocenters. The Balaban J connectivity index is 1.31. The van der Waals surface area contributed by atoms with E-state index in [1.54, 1.807) is 43.1 Å². The number of hydrogen-bond donors (Lipinski definition) is 1. The van der Waals surface area contributed by atoms with Gasteiger partial charge in [0.2, 0.25) is 0 Å². The number of rotatable bonds is 8. The summed E-state index contributed by atoms with van der Waals surface area (Å²) in [5.74, 6) is -0.0971. The molecule has 0 saturated heterocycles. The average molecular weight is 577 g/mol. The van der Waals surface area contributed by atoms with Crippen molar-refractivity contribution in [2.24, 2.45) is 5.73 Å². The van der Waals surface area contributed by atoms with E-state index in [1.165, 1.54) is 12.0 Å². The Hall–Kier alpha value is -5.27. The monoisotopic (exact) mass is 576 g/mol. The molecule has 2 aromatic carbocycles. The first-order valence-corrected chi connectivity index (χ1v) is 14.9. The van der Waals surface area contributed by atoms with E-state index in [0.29, 0.717) is 18.7 Å². The third kappa shape index (κ3) is 5.45. The molecule has 1 amide bonds. The van der Waals surface area contributed by atoms with E-state index in [9.17, 15) is 4.79 Å². The third-order valence-corrected chi connectivity index (χ3v) is 8.57. The van der Waals surface area contributed by atoms with Gasteiger partial charge in [-0.05, 0) is 72.4 Å². The number of pyridine rings is 4. The molecule has 4 aromatic heterocycles. The standard InChI is InChI=1S/C37H32N6O/c38-37(16-4-17-37)30-9-7-28(8-10-30)35-31(27-5-2-1-3-6-27)23-32-33(42-35)15-22-41-34(32)25-43(24-26-11-18-39-19-12-26)36(44)29-13-20-40-21-14-29/h1-3,5-15,18-23H,4,16-17,24-25,38H2. The molecule has 4 heterocycles. The lowest BCUT2D eigenvalue weighted by Gasteiger charge is -2.38. The minimum absolute atomic E-state index is 0.0971. The summed E-state index contributed by atoms with van der Waals surface area (Å²) in [6.45, 7) is 0.719. The van der Waals surface area contributed by atoms with Crippen LogP contribution in [0.25, 0.3) is 33.3 Å². The molecule has 7 nitrogen and oxygen atoms in total. The van der Waals surface area contributed by atoms with Crippen molar-refractivity contribution in [1.29, 1.82) is 0 Å². The Bertz CT molecular complexity index is 1910. The van der Waals surface area contributed by atoms with Gasteiger partial charge in [-0.2, -0.15) is 0 Å². The quantitative estimate of drug-likeness (QED) is 0.211. The van der Waals surface area contributed by atoms with Gasteiger partial charge in [0.05, 0.1) is 23.4 Å². The summed E-state index contributed by atoms with van der Waals surface area (Å²) in [6, 6.07) is 30.3. The van der Waals surface area contributed by atoms with E-state index in [2.05, 4.69) is 52.4 Å². The SMILES string of the molecule is NC1(c2ccc(-c3nc4ccnc(CN(Cc5ccncc5)C(=O)c5ccncc5)c4cc3-c3ccccc3)cc2)CCC1. The summed E-state index contributed by atoms with van der Waals surface area (Å²) in [5, 5.41) is 0.907. The van der Waals surface area contributed by atoms with Gasteiger partial charge in [-0.1, -0.05) is 54.6 Å². The molecule has 0 aliphatic heterocycles. The fraction of sp³-hybridized carbons (Fsp3) is 0.162. The van der Waals surface area contributed by atoms with Crippen LogP contribution in [0.4, 0.5) is 0 Å². The van der Waals surface area contributed by atoms with Crippen LogP contribution in [0.1, 0.15) is 46.4 Å². The highest BCUT2D eigenvalue weighted by Gasteiger charge is 2.34. The highest BCUT2D eigenvalue weighted by Crippen LogP contribution is 2.40. The maximum atomic E-state index is 13.8. The van der Waals surface area contributed by atoms with Crippen LogP contribution in [-0.2, 0) is 18.6 Å². The number of nitrogens with zero attached hydrogens (tertiary/aromatic N) is 5. The lowest BCUT2D eigenvalue weighted by Crippen LogP contribution is -2.43. The van der Waals surface area contributed by atoms with Gasteiger partial charge in [0, 0.05) is 65.1 Å². The van der Waals surface area contributed by atoms with Gasteiger partial charge in [-0.3, -0.25) is 19.7 Å². The first-order valence-electron chi connectivity index (χ1n) is 14.9. The Morgan fingerprint density at radius 2 is 1.48 bits per heavy atom. The Morgan fingerprint density at radius 3 is 2.16 bits per heavy atom. The van der Waals surface area contributed by atoms with E-state index in [4.69, 9.17) is 15.7 Å². The normalized spacial score (nSPS) is 13.8. The van der Waals surface area contributed by atoms with Crippen molar-refractivity contribution in [3.63, 3.8) is 0 Å². The zero-order valence-corrected chi connectivity index (χ0v) is 24.3.